The van der Waals surface area contributed by atoms with E-state index in [1.165, 1.54) is 0 Å². The molecule has 0 aliphatic rings. The van der Waals surface area contributed by atoms with Gasteiger partial charge in [-0.05, 0) is 25.5 Å². The summed E-state index contributed by atoms with van der Waals surface area (Å²) in [6.07, 6.45) is 1.63. The van der Waals surface area contributed by atoms with Crippen LogP contribution in [0.5, 0.6) is 0 Å². The van der Waals surface area contributed by atoms with E-state index in [2.05, 4.69) is 10.3 Å². The van der Waals surface area contributed by atoms with Crippen molar-refractivity contribution in [1.82, 2.24) is 10.3 Å². The molecule has 0 fully saturated rings. The number of aromatic nitrogens is 1. The number of carboxylic acids is 1. The third-order valence-electron chi connectivity index (χ3n) is 3.29. The fourth-order valence-corrected chi connectivity index (χ4v) is 2.15. The van der Waals surface area contributed by atoms with Gasteiger partial charge in [0.1, 0.15) is 6.04 Å². The molecule has 0 saturated carbocycles. The van der Waals surface area contributed by atoms with Gasteiger partial charge < -0.3 is 10.4 Å². The van der Waals surface area contributed by atoms with Gasteiger partial charge in [-0.2, -0.15) is 5.26 Å². The van der Waals surface area contributed by atoms with Crippen LogP contribution in [0.2, 0.25) is 0 Å². The zero-order chi connectivity index (χ0) is 16.1. The van der Waals surface area contributed by atoms with Crippen LogP contribution in [-0.2, 0) is 4.79 Å². The van der Waals surface area contributed by atoms with Crippen molar-refractivity contribution in [2.45, 2.75) is 19.4 Å². The van der Waals surface area contributed by atoms with Crippen LogP contribution >= 0.6 is 0 Å². The smallest absolute Gasteiger partial charge is 0.326 e. The Kier molecular flexibility index (Phi) is 4.69. The summed E-state index contributed by atoms with van der Waals surface area (Å²) in [5, 5.41) is 21.2. The number of nitrogens with one attached hydrogen (secondary N) is 1. The molecule has 0 aliphatic heterocycles. The van der Waals surface area contributed by atoms with E-state index in [1.54, 1.807) is 31.3 Å². The van der Waals surface area contributed by atoms with Gasteiger partial charge in [0.2, 0.25) is 0 Å². The SMILES string of the molecule is C[C@@H](C#N)C[C@@H](NC(=O)c1cccc2cccnc12)C(=O)O. The van der Waals surface area contributed by atoms with Crippen LogP contribution in [0, 0.1) is 17.2 Å². The average molecular weight is 297 g/mol. The Balaban J connectivity index is 2.26. The van der Waals surface area contributed by atoms with Gasteiger partial charge in [-0.15, -0.1) is 0 Å². The minimum absolute atomic E-state index is 0.0514. The molecule has 2 N–H and O–H groups in total. The maximum atomic E-state index is 12.3. The summed E-state index contributed by atoms with van der Waals surface area (Å²) >= 11 is 0. The molecule has 0 bridgehead atoms. The number of nitrogens with zero attached hydrogens (tertiary/aromatic N) is 2. The normalized spacial score (nSPS) is 13.1. The highest BCUT2D eigenvalue weighted by atomic mass is 16.4. The number of carbonyl (C=O) groups excluding carboxylic acids is 1. The van der Waals surface area contributed by atoms with Crippen molar-refractivity contribution in [3.63, 3.8) is 0 Å². The number of aliphatic carboxylic acids is 1. The Morgan fingerprint density at radius 2 is 2.09 bits per heavy atom. The van der Waals surface area contributed by atoms with Crippen molar-refractivity contribution in [1.29, 1.82) is 5.26 Å². The molecule has 0 spiro atoms. The number of pyridine rings is 1. The standard InChI is InChI=1S/C16H15N3O3/c1-10(9-17)8-13(16(21)22)19-15(20)12-6-2-4-11-5-3-7-18-14(11)12/h2-7,10,13H,8H2,1H3,(H,19,20)(H,21,22)/t10-,13-/m1/s1. The van der Waals surface area contributed by atoms with Crippen molar-refractivity contribution in [3.8, 4) is 6.07 Å². The number of amides is 1. The summed E-state index contributed by atoms with van der Waals surface area (Å²) in [5.74, 6) is -2.14. The van der Waals surface area contributed by atoms with Crippen molar-refractivity contribution in [2.24, 2.45) is 5.92 Å². The summed E-state index contributed by atoms with van der Waals surface area (Å²) in [6.45, 7) is 1.61. The molecule has 1 aromatic heterocycles. The van der Waals surface area contributed by atoms with Crippen LogP contribution in [0.4, 0.5) is 0 Å². The number of carbonyl (C=O) groups is 2. The monoisotopic (exact) mass is 297 g/mol. The van der Waals surface area contributed by atoms with Gasteiger partial charge in [-0.3, -0.25) is 9.78 Å². The number of para-hydroxylation sites is 1. The molecule has 22 heavy (non-hydrogen) atoms. The lowest BCUT2D eigenvalue weighted by molar-refractivity contribution is -0.139. The Bertz CT molecular complexity index is 746. The average Bonchev–Trinajstić information content (AvgIpc) is 2.53. The van der Waals surface area contributed by atoms with E-state index >= 15 is 0 Å². The van der Waals surface area contributed by atoms with Crippen molar-refractivity contribution < 1.29 is 14.7 Å². The van der Waals surface area contributed by atoms with Gasteiger partial charge in [0, 0.05) is 17.5 Å². The molecule has 1 heterocycles. The number of benzene rings is 1. The fraction of sp³-hybridized carbons (Fsp3) is 0.250. The van der Waals surface area contributed by atoms with Crippen LogP contribution < -0.4 is 5.32 Å². The summed E-state index contributed by atoms with van der Waals surface area (Å²) in [4.78, 5) is 27.8. The molecular formula is C16H15N3O3. The van der Waals surface area contributed by atoms with E-state index in [0.717, 1.165) is 5.39 Å². The minimum atomic E-state index is -1.16. The lowest BCUT2D eigenvalue weighted by Crippen LogP contribution is -2.41. The Morgan fingerprint density at radius 3 is 2.77 bits per heavy atom. The molecule has 1 amide bonds. The van der Waals surface area contributed by atoms with Gasteiger partial charge in [0.15, 0.2) is 0 Å². The van der Waals surface area contributed by atoms with E-state index in [1.807, 2.05) is 18.2 Å². The largest absolute Gasteiger partial charge is 0.480 e. The zero-order valence-electron chi connectivity index (χ0n) is 12.0. The zero-order valence-corrected chi connectivity index (χ0v) is 12.0. The number of rotatable bonds is 5. The molecule has 2 aromatic rings. The highest BCUT2D eigenvalue weighted by Crippen LogP contribution is 2.16. The molecule has 1 aromatic carbocycles. The predicted octanol–water partition coefficient (Wildman–Crippen LogP) is 1.97. The third-order valence-corrected chi connectivity index (χ3v) is 3.29. The highest BCUT2D eigenvalue weighted by Gasteiger charge is 2.23. The van der Waals surface area contributed by atoms with Gasteiger partial charge in [0.25, 0.3) is 5.91 Å². The first-order valence-electron chi connectivity index (χ1n) is 6.80. The Morgan fingerprint density at radius 1 is 1.36 bits per heavy atom. The highest BCUT2D eigenvalue weighted by molar-refractivity contribution is 6.06. The second-order valence-electron chi connectivity index (χ2n) is 5.01. The maximum absolute atomic E-state index is 12.3. The van der Waals surface area contributed by atoms with Crippen LogP contribution in [0.15, 0.2) is 36.5 Å². The van der Waals surface area contributed by atoms with Crippen molar-refractivity contribution >= 4 is 22.8 Å². The van der Waals surface area contributed by atoms with Crippen molar-refractivity contribution in [2.75, 3.05) is 0 Å². The number of nitriles is 1. The van der Waals surface area contributed by atoms with Crippen LogP contribution in [0.3, 0.4) is 0 Å². The molecule has 112 valence electrons. The third kappa shape index (κ3) is 3.38. The topological polar surface area (TPSA) is 103 Å². The summed E-state index contributed by atoms with van der Waals surface area (Å²) < 4.78 is 0. The van der Waals surface area contributed by atoms with E-state index in [-0.39, 0.29) is 6.42 Å². The second kappa shape index (κ2) is 6.68. The first-order chi connectivity index (χ1) is 10.5. The quantitative estimate of drug-likeness (QED) is 0.878. The van der Waals surface area contributed by atoms with Crippen molar-refractivity contribution in [3.05, 3.63) is 42.1 Å². The Labute approximate surface area is 127 Å². The van der Waals surface area contributed by atoms with Gasteiger partial charge >= 0.3 is 5.97 Å². The van der Waals surface area contributed by atoms with E-state index < -0.39 is 23.8 Å². The molecular weight excluding hydrogens is 282 g/mol. The van der Waals surface area contributed by atoms with E-state index in [4.69, 9.17) is 5.26 Å². The summed E-state index contributed by atoms with van der Waals surface area (Å²) in [7, 11) is 0. The number of fused-ring (bicyclic) bond motifs is 1. The number of hydrogen-bond acceptors (Lipinski definition) is 4. The first kappa shape index (κ1) is 15.4. The molecule has 2 atom stereocenters. The summed E-state index contributed by atoms with van der Waals surface area (Å²) in [6, 6.07) is 9.58. The van der Waals surface area contributed by atoms with Gasteiger partial charge in [-0.1, -0.05) is 18.2 Å². The maximum Gasteiger partial charge on any atom is 0.326 e. The minimum Gasteiger partial charge on any atom is -0.480 e. The molecule has 6 heteroatoms. The number of hydrogen-bond donors (Lipinski definition) is 2. The lowest BCUT2D eigenvalue weighted by Gasteiger charge is -2.16. The molecule has 0 unspecified atom stereocenters. The fourth-order valence-electron chi connectivity index (χ4n) is 2.15. The van der Waals surface area contributed by atoms with Gasteiger partial charge in [0.05, 0.1) is 17.1 Å². The van der Waals surface area contributed by atoms with Crippen LogP contribution in [-0.4, -0.2) is 28.0 Å². The molecule has 0 radical (unpaired) electrons. The van der Waals surface area contributed by atoms with E-state index in [9.17, 15) is 14.7 Å². The first-order valence-corrected chi connectivity index (χ1v) is 6.80. The predicted molar refractivity (Wildman–Crippen MR) is 80.0 cm³/mol. The molecule has 6 nitrogen and oxygen atoms in total. The van der Waals surface area contributed by atoms with Crippen LogP contribution in [0.1, 0.15) is 23.7 Å². The molecule has 0 aliphatic carbocycles. The number of carboxylic acid groups (broad SMARTS) is 1. The Hall–Kier alpha value is -2.94. The lowest BCUT2D eigenvalue weighted by atomic mass is 10.0. The van der Waals surface area contributed by atoms with Crippen LogP contribution in [0.25, 0.3) is 10.9 Å². The summed E-state index contributed by atoms with van der Waals surface area (Å²) in [5.41, 5.74) is 0.828. The van der Waals surface area contributed by atoms with Gasteiger partial charge in [-0.25, -0.2) is 4.79 Å². The second-order valence-corrected chi connectivity index (χ2v) is 5.01. The van der Waals surface area contributed by atoms with E-state index in [0.29, 0.717) is 11.1 Å². The molecule has 0 saturated heterocycles. The molecule has 2 rings (SSSR count).